The molecule has 3 heterocycles. The molecule has 2 unspecified atom stereocenters. The number of epoxide rings is 1. The van der Waals surface area contributed by atoms with Crippen LogP contribution in [0.25, 0.3) is 0 Å². The third-order valence-corrected chi connectivity index (χ3v) is 11.8. The molecule has 3 N–H and O–H groups in total. The standard InChI is InChI=1S/C37H46O9/c1-6-7-8-9-10-11-15-18-27(39)42-29-23(4)19-26-35(29,41)32(40)34(21-38)31(43-34)28-30-33(22(2)3)20-24(5)36(26,28)46-37(44-30,45-33)25-16-13-12-14-17-25/h8-18,23-24,26,28-32,38,40-41H,2,6-7,19-21H2,1,3-5H3/b9-8+,11-10+,18-15+/t23-,24+,26?,28?,29-,30+,31-,32+,33+,34-,35+,36-,37+/m0/s1. The lowest BCUT2D eigenvalue weighted by Gasteiger charge is -2.60. The van der Waals surface area contributed by atoms with Gasteiger partial charge in [-0.3, -0.25) is 0 Å². The Morgan fingerprint density at radius 2 is 1.83 bits per heavy atom. The zero-order valence-corrected chi connectivity index (χ0v) is 27.0. The van der Waals surface area contributed by atoms with E-state index in [2.05, 4.69) is 20.4 Å². The monoisotopic (exact) mass is 634 g/mol. The van der Waals surface area contributed by atoms with Crippen molar-refractivity contribution in [1.29, 1.82) is 0 Å². The number of carbonyl (C=O) groups is 1. The van der Waals surface area contributed by atoms with Crippen LogP contribution in [-0.2, 0) is 34.5 Å². The lowest BCUT2D eigenvalue weighted by Crippen LogP contribution is -2.72. The highest BCUT2D eigenvalue weighted by molar-refractivity contribution is 5.82. The summed E-state index contributed by atoms with van der Waals surface area (Å²) < 4.78 is 33.3. The van der Waals surface area contributed by atoms with Gasteiger partial charge in [0.25, 0.3) is 0 Å². The van der Waals surface area contributed by atoms with E-state index in [4.69, 9.17) is 23.7 Å². The zero-order chi connectivity index (χ0) is 32.7. The van der Waals surface area contributed by atoms with E-state index in [0.717, 1.165) is 18.4 Å². The molecule has 13 atom stereocenters. The molecule has 248 valence electrons. The maximum absolute atomic E-state index is 13.2. The number of allylic oxidation sites excluding steroid dienone is 5. The third kappa shape index (κ3) is 4.09. The minimum Gasteiger partial charge on any atom is -0.456 e. The van der Waals surface area contributed by atoms with Crippen molar-refractivity contribution in [1.82, 2.24) is 0 Å². The van der Waals surface area contributed by atoms with Gasteiger partial charge in [-0.2, -0.15) is 0 Å². The van der Waals surface area contributed by atoms with Gasteiger partial charge in [0.2, 0.25) is 0 Å². The molecule has 6 aliphatic rings. The Labute approximate surface area is 270 Å². The first kappa shape index (κ1) is 31.9. The molecule has 0 spiro atoms. The molecular weight excluding hydrogens is 588 g/mol. The van der Waals surface area contributed by atoms with E-state index in [1.807, 2.05) is 62.4 Å². The van der Waals surface area contributed by atoms with Gasteiger partial charge < -0.3 is 39.0 Å². The number of aliphatic hydroxyl groups excluding tert-OH is 2. The first-order chi connectivity index (χ1) is 22.0. The zero-order valence-electron chi connectivity index (χ0n) is 27.0. The van der Waals surface area contributed by atoms with Crippen molar-refractivity contribution in [2.24, 2.45) is 23.7 Å². The molecule has 1 aromatic rings. The molecule has 3 saturated heterocycles. The molecule has 3 saturated carbocycles. The van der Waals surface area contributed by atoms with Crippen molar-refractivity contribution >= 4 is 5.97 Å². The Bertz CT molecular complexity index is 1470. The molecule has 7 rings (SSSR count). The highest BCUT2D eigenvalue weighted by atomic mass is 16.9. The van der Waals surface area contributed by atoms with Crippen molar-refractivity contribution < 1.29 is 43.8 Å². The van der Waals surface area contributed by atoms with Crippen LogP contribution < -0.4 is 0 Å². The summed E-state index contributed by atoms with van der Waals surface area (Å²) in [6, 6.07) is 9.46. The van der Waals surface area contributed by atoms with Crippen molar-refractivity contribution in [2.75, 3.05) is 6.61 Å². The molecule has 0 radical (unpaired) electrons. The highest BCUT2D eigenvalue weighted by Crippen LogP contribution is 2.75. The molecule has 3 aliphatic heterocycles. The lowest BCUT2D eigenvalue weighted by atomic mass is 9.54. The molecule has 9 nitrogen and oxygen atoms in total. The molecule has 3 aliphatic carbocycles. The summed E-state index contributed by atoms with van der Waals surface area (Å²) in [5.41, 5.74) is -4.13. The van der Waals surface area contributed by atoms with E-state index in [1.54, 1.807) is 12.2 Å². The molecule has 0 aromatic heterocycles. The normalized spacial score (nSPS) is 48.4. The van der Waals surface area contributed by atoms with Gasteiger partial charge in [0.15, 0.2) is 0 Å². The van der Waals surface area contributed by atoms with E-state index >= 15 is 0 Å². The van der Waals surface area contributed by atoms with E-state index in [-0.39, 0.29) is 11.8 Å². The largest absolute Gasteiger partial charge is 0.456 e. The van der Waals surface area contributed by atoms with Crippen LogP contribution in [0.2, 0.25) is 0 Å². The predicted octanol–water partition coefficient (Wildman–Crippen LogP) is 4.22. The topological polar surface area (TPSA) is 127 Å². The van der Waals surface area contributed by atoms with Gasteiger partial charge in [-0.1, -0.05) is 94.5 Å². The summed E-state index contributed by atoms with van der Waals surface area (Å²) in [5, 5.41) is 36.0. The summed E-state index contributed by atoms with van der Waals surface area (Å²) in [6.07, 6.45) is 9.39. The maximum Gasteiger partial charge on any atom is 0.331 e. The molecule has 0 amide bonds. The first-order valence-electron chi connectivity index (χ1n) is 16.7. The molecule has 6 fully saturated rings. The number of esters is 1. The second kappa shape index (κ2) is 11.0. The van der Waals surface area contributed by atoms with Crippen LogP contribution >= 0.6 is 0 Å². The molecule has 9 heteroatoms. The van der Waals surface area contributed by atoms with Gasteiger partial charge in [-0.25, -0.2) is 4.79 Å². The minimum atomic E-state index is -2.01. The van der Waals surface area contributed by atoms with Gasteiger partial charge in [-0.15, -0.1) is 0 Å². The van der Waals surface area contributed by atoms with Crippen molar-refractivity contribution in [3.05, 3.63) is 84.5 Å². The Morgan fingerprint density at radius 3 is 2.52 bits per heavy atom. The van der Waals surface area contributed by atoms with Crippen LogP contribution in [0.5, 0.6) is 0 Å². The van der Waals surface area contributed by atoms with Crippen LogP contribution in [0.15, 0.2) is 78.9 Å². The number of aliphatic hydroxyl groups is 3. The van der Waals surface area contributed by atoms with Gasteiger partial charge in [0.1, 0.15) is 41.2 Å². The van der Waals surface area contributed by atoms with Gasteiger partial charge in [0.05, 0.1) is 12.2 Å². The quantitative estimate of drug-likeness (QED) is 0.120. The second-order valence-corrected chi connectivity index (χ2v) is 14.3. The summed E-state index contributed by atoms with van der Waals surface area (Å²) >= 11 is 0. The van der Waals surface area contributed by atoms with Crippen LogP contribution in [0, 0.1) is 23.7 Å². The number of hydrogen-bond acceptors (Lipinski definition) is 9. The molecule has 3 bridgehead atoms. The Balaban J connectivity index is 1.31. The third-order valence-electron chi connectivity index (χ3n) is 11.8. The number of unbranched alkanes of at least 4 members (excludes halogenated alkanes) is 1. The fourth-order valence-electron chi connectivity index (χ4n) is 9.72. The summed E-state index contributed by atoms with van der Waals surface area (Å²) in [6.45, 7) is 11.8. The number of benzene rings is 1. The van der Waals surface area contributed by atoms with Gasteiger partial charge >= 0.3 is 11.9 Å². The van der Waals surface area contributed by atoms with Crippen LogP contribution in [-0.4, -0.2) is 74.7 Å². The summed E-state index contributed by atoms with van der Waals surface area (Å²) in [7, 11) is 0. The van der Waals surface area contributed by atoms with Crippen molar-refractivity contribution in [3.8, 4) is 0 Å². The predicted molar refractivity (Wildman–Crippen MR) is 168 cm³/mol. The van der Waals surface area contributed by atoms with Crippen LogP contribution in [0.4, 0.5) is 0 Å². The van der Waals surface area contributed by atoms with Gasteiger partial charge in [0, 0.05) is 23.5 Å². The average molecular weight is 635 g/mol. The van der Waals surface area contributed by atoms with Crippen molar-refractivity contribution in [2.45, 2.75) is 106 Å². The average Bonchev–Trinajstić information content (AvgIpc) is 3.67. The number of hydrogen-bond donors (Lipinski definition) is 3. The van der Waals surface area contributed by atoms with Crippen LogP contribution in [0.1, 0.15) is 58.9 Å². The lowest BCUT2D eigenvalue weighted by molar-refractivity contribution is -0.443. The van der Waals surface area contributed by atoms with E-state index in [9.17, 15) is 20.1 Å². The minimum absolute atomic E-state index is 0.227. The highest BCUT2D eigenvalue weighted by Gasteiger charge is 2.89. The second-order valence-electron chi connectivity index (χ2n) is 14.3. The Morgan fingerprint density at radius 1 is 1.09 bits per heavy atom. The molecule has 1 aromatic carbocycles. The number of ether oxygens (including phenoxy) is 5. The van der Waals surface area contributed by atoms with E-state index in [1.165, 1.54) is 6.08 Å². The van der Waals surface area contributed by atoms with E-state index in [0.29, 0.717) is 18.4 Å². The van der Waals surface area contributed by atoms with E-state index < -0.39 is 77.2 Å². The van der Waals surface area contributed by atoms with Crippen molar-refractivity contribution in [3.63, 3.8) is 0 Å². The summed E-state index contributed by atoms with van der Waals surface area (Å²) in [4.78, 5) is 13.2. The summed E-state index contributed by atoms with van der Waals surface area (Å²) in [5.74, 6) is -4.06. The van der Waals surface area contributed by atoms with Crippen LogP contribution in [0.3, 0.4) is 0 Å². The van der Waals surface area contributed by atoms with Gasteiger partial charge in [-0.05, 0) is 43.6 Å². The fourth-order valence-corrected chi connectivity index (χ4v) is 9.72. The first-order valence-corrected chi connectivity index (χ1v) is 16.7. The number of carbonyl (C=O) groups excluding carboxylic acids is 1. The maximum atomic E-state index is 13.2. The molecule has 46 heavy (non-hydrogen) atoms. The Hall–Kier alpha value is -2.63. The SMILES string of the molecule is C=C(C)[C@]12C[C@@H](C)[C@@]34O[C@](c5ccccc5)(O[C@@H]1C3[C@@H]1O[C@]1(CO)[C@@H](O)[C@@]1(O)C4C[C@H](C)[C@@H]1OC(=O)/C=C/C=C/C=C/CCC)O2. The molecular formula is C37H46O9. The number of fused-ring (bicyclic) bond motifs is 3. The smallest absolute Gasteiger partial charge is 0.331 e. The number of rotatable bonds is 9. The fraction of sp³-hybridized carbons (Fsp3) is 0.595. The Kier molecular flexibility index (Phi) is 7.61.